The predicted molar refractivity (Wildman–Crippen MR) is 96.9 cm³/mol. The van der Waals surface area contributed by atoms with Gasteiger partial charge < -0.3 is 6.16 Å². The molecule has 2 aromatic rings. The molecule has 0 bridgehead atoms. The van der Waals surface area contributed by atoms with Gasteiger partial charge >= 0.3 is 51.4 Å². The van der Waals surface area contributed by atoms with Gasteiger partial charge in [0.05, 0.1) is 17.5 Å². The average molecular weight is 406 g/mol. The van der Waals surface area contributed by atoms with Gasteiger partial charge in [-0.3, -0.25) is 5.21 Å². The van der Waals surface area contributed by atoms with Gasteiger partial charge in [-0.1, -0.05) is 11.8 Å². The van der Waals surface area contributed by atoms with Crippen LogP contribution in [0.3, 0.4) is 0 Å². The molecule has 0 radical (unpaired) electrons. The fraction of sp³-hybridized carbons (Fsp3) is 0.0556. The fourth-order valence-electron chi connectivity index (χ4n) is 2.49. The molecule has 0 fully saturated rings. The Bertz CT molecular complexity index is 1010. The molecule has 9 heteroatoms. The van der Waals surface area contributed by atoms with Crippen molar-refractivity contribution in [2.45, 2.75) is 5.37 Å². The molecule has 1 unspecified atom stereocenters. The molecule has 0 saturated heterocycles. The normalized spacial score (nSPS) is 17.4. The number of thioether (sulfide) groups is 1. The van der Waals surface area contributed by atoms with E-state index in [9.17, 15) is 14.9 Å². The van der Waals surface area contributed by atoms with Crippen LogP contribution in [0.25, 0.3) is 0 Å². The minimum absolute atomic E-state index is 0. The molecule has 2 aliphatic heterocycles. The maximum atomic E-state index is 13.0. The van der Waals surface area contributed by atoms with E-state index in [2.05, 4.69) is 16.1 Å². The summed E-state index contributed by atoms with van der Waals surface area (Å²) >= 11 is 1.36. The van der Waals surface area contributed by atoms with E-state index in [0.29, 0.717) is 27.8 Å². The third-order valence-electron chi connectivity index (χ3n) is 3.73. The predicted octanol–water partition coefficient (Wildman–Crippen LogP) is 1.00. The van der Waals surface area contributed by atoms with Crippen molar-refractivity contribution < 1.29 is 67.1 Å². The van der Waals surface area contributed by atoms with Crippen molar-refractivity contribution in [1.82, 2.24) is 5.06 Å². The molecule has 130 valence electrons. The largest absolute Gasteiger partial charge is 1.00 e. The van der Waals surface area contributed by atoms with Crippen molar-refractivity contribution in [2.75, 3.05) is 0 Å². The van der Waals surface area contributed by atoms with Gasteiger partial charge in [0.2, 0.25) is 0 Å². The monoisotopic (exact) mass is 406 g/mol. The molecule has 6 nitrogen and oxygen atoms in total. The second-order valence-corrected chi connectivity index (χ2v) is 6.53. The van der Waals surface area contributed by atoms with Crippen LogP contribution in [0.15, 0.2) is 64.3 Å². The molecule has 4 rings (SSSR count). The summed E-state index contributed by atoms with van der Waals surface area (Å²) in [5.41, 5.74) is 1.71. The van der Waals surface area contributed by atoms with Crippen LogP contribution < -0.4 is 56.1 Å². The molecular formula is C18H12FKN4O2S. The van der Waals surface area contributed by atoms with Crippen molar-refractivity contribution in [1.29, 1.82) is 5.26 Å². The number of nitrogens with zero attached hydrogens (tertiary/aromatic N) is 4. The zero-order valence-electron chi connectivity index (χ0n) is 15.2. The molecule has 0 aliphatic carbocycles. The second kappa shape index (κ2) is 8.66. The zero-order valence-corrected chi connectivity index (χ0v) is 18.1. The Kier molecular flexibility index (Phi) is 6.49. The molecule has 27 heavy (non-hydrogen) atoms. The van der Waals surface area contributed by atoms with E-state index in [0.717, 1.165) is 10.6 Å². The van der Waals surface area contributed by atoms with Crippen molar-refractivity contribution in [3.05, 3.63) is 71.3 Å². The van der Waals surface area contributed by atoms with Crippen LogP contribution in [0.4, 0.5) is 4.39 Å². The van der Waals surface area contributed by atoms with E-state index in [1.54, 1.807) is 24.4 Å². The van der Waals surface area contributed by atoms with Crippen LogP contribution in [0, 0.1) is 17.1 Å². The average Bonchev–Trinajstić information content (AvgIpc) is 3.09. The fourth-order valence-corrected chi connectivity index (χ4v) is 3.52. The van der Waals surface area contributed by atoms with Crippen LogP contribution in [-0.2, 0) is 0 Å². The van der Waals surface area contributed by atoms with E-state index >= 15 is 0 Å². The molecule has 2 aliphatic rings. The Balaban J connectivity index is 0.00000140. The van der Waals surface area contributed by atoms with E-state index < -0.39 is 0 Å². The van der Waals surface area contributed by atoms with Gasteiger partial charge in [0.15, 0.2) is 5.37 Å². The summed E-state index contributed by atoms with van der Waals surface area (Å²) in [5, 5.41) is 20.6. The number of hydroxylamine groups is 2. The SMILES string of the molecule is N#Cc1cc(C2=NC3=CN=CN(O)C3S2)ccc1Oc1ccc(F)cc1.[H-].[K+]. The summed E-state index contributed by atoms with van der Waals surface area (Å²) in [6.45, 7) is 0. The number of fused-ring (bicyclic) bond motifs is 1. The molecule has 2 aromatic carbocycles. The van der Waals surface area contributed by atoms with Gasteiger partial charge in [-0.25, -0.2) is 19.4 Å². The van der Waals surface area contributed by atoms with Gasteiger partial charge in [-0.05, 0) is 42.5 Å². The maximum absolute atomic E-state index is 13.0. The number of benzene rings is 2. The molecule has 0 spiro atoms. The Morgan fingerprint density at radius 3 is 2.74 bits per heavy atom. The van der Waals surface area contributed by atoms with E-state index in [1.165, 1.54) is 42.4 Å². The first-order valence-corrected chi connectivity index (χ1v) is 8.46. The third-order valence-corrected chi connectivity index (χ3v) is 4.96. The second-order valence-electron chi connectivity index (χ2n) is 5.46. The first-order valence-electron chi connectivity index (χ1n) is 7.58. The topological polar surface area (TPSA) is 81.2 Å². The molecule has 2 heterocycles. The van der Waals surface area contributed by atoms with Crippen molar-refractivity contribution in [3.8, 4) is 17.6 Å². The summed E-state index contributed by atoms with van der Waals surface area (Å²) < 4.78 is 18.7. The summed E-state index contributed by atoms with van der Waals surface area (Å²) in [7, 11) is 0. The molecule has 1 atom stereocenters. The first kappa shape index (κ1) is 20.2. The summed E-state index contributed by atoms with van der Waals surface area (Å²) in [4.78, 5) is 8.36. The molecular weight excluding hydrogens is 394 g/mol. The van der Waals surface area contributed by atoms with Crippen molar-refractivity contribution >= 4 is 23.1 Å². The standard InChI is InChI=1S/C18H11FN4O2S.K.H/c19-13-2-4-14(5-3-13)25-16-6-1-11(7-12(16)8-20)17-22-15-9-21-10-23(24)18(15)26-17;;/h1-7,9-10,18,24H;;/q;+1;-1. The number of aliphatic imine (C=N–C) groups is 2. The van der Waals surface area contributed by atoms with Crippen molar-refractivity contribution in [3.63, 3.8) is 0 Å². The summed E-state index contributed by atoms with van der Waals surface area (Å²) in [5.74, 6) is 0.449. The molecule has 0 amide bonds. The Labute approximate surface area is 202 Å². The number of rotatable bonds is 3. The van der Waals surface area contributed by atoms with Crippen LogP contribution >= 0.6 is 11.8 Å². The van der Waals surface area contributed by atoms with Crippen molar-refractivity contribution in [2.24, 2.45) is 9.98 Å². The quantitative estimate of drug-likeness (QED) is 0.770. The smallest absolute Gasteiger partial charge is 1.00 e. The number of hydrogen-bond donors (Lipinski definition) is 1. The Morgan fingerprint density at radius 1 is 1.26 bits per heavy atom. The number of halogens is 1. The number of nitriles is 1. The van der Waals surface area contributed by atoms with E-state index in [1.807, 2.05) is 0 Å². The van der Waals surface area contributed by atoms with Gasteiger partial charge in [-0.2, -0.15) is 5.26 Å². The van der Waals surface area contributed by atoms with Crippen LogP contribution in [-0.4, -0.2) is 27.0 Å². The van der Waals surface area contributed by atoms with Crippen LogP contribution in [0.1, 0.15) is 12.6 Å². The van der Waals surface area contributed by atoms with Gasteiger partial charge in [0.1, 0.15) is 34.8 Å². The minimum Gasteiger partial charge on any atom is -1.00 e. The third kappa shape index (κ3) is 4.33. The Morgan fingerprint density at radius 2 is 2.04 bits per heavy atom. The van der Waals surface area contributed by atoms with Crippen LogP contribution in [0.5, 0.6) is 11.5 Å². The molecule has 0 saturated carbocycles. The minimum atomic E-state index is -0.359. The van der Waals surface area contributed by atoms with E-state index in [4.69, 9.17) is 4.74 Å². The van der Waals surface area contributed by atoms with Gasteiger partial charge in [-0.15, -0.1) is 0 Å². The van der Waals surface area contributed by atoms with Gasteiger partial charge in [0.25, 0.3) is 0 Å². The Hall–Kier alpha value is -1.51. The molecule has 1 N–H and O–H groups in total. The number of hydrogen-bond acceptors (Lipinski definition) is 7. The molecule has 0 aromatic heterocycles. The van der Waals surface area contributed by atoms with Gasteiger partial charge in [0, 0.05) is 5.56 Å². The maximum Gasteiger partial charge on any atom is 1.00 e. The van der Waals surface area contributed by atoms with Crippen LogP contribution in [0.2, 0.25) is 0 Å². The first-order chi connectivity index (χ1) is 12.6. The summed E-state index contributed by atoms with van der Waals surface area (Å²) in [6.07, 6.45) is 2.91. The zero-order chi connectivity index (χ0) is 18.1. The summed E-state index contributed by atoms with van der Waals surface area (Å²) in [6, 6.07) is 12.8. The van der Waals surface area contributed by atoms with E-state index in [-0.39, 0.29) is 64.0 Å². The number of ether oxygens (including phenoxy) is 1.